The molecule has 0 bridgehead atoms. The van der Waals surface area contributed by atoms with Crippen LogP contribution < -0.4 is 0 Å². The molecule has 19 heavy (non-hydrogen) atoms. The van der Waals surface area contributed by atoms with Crippen LogP contribution in [0.5, 0.6) is 0 Å². The lowest BCUT2D eigenvalue weighted by Crippen LogP contribution is -2.21. The SMILES string of the molecule is CC(CCCl)S(=O)(=O)c1c(F)cc([N+](=O)[O-])cc1F. The van der Waals surface area contributed by atoms with Gasteiger partial charge in [-0.05, 0) is 13.3 Å². The standard InChI is InChI=1S/C10H10ClF2NO4S/c1-6(2-3-11)19(17,18)10-8(12)4-7(14(15)16)5-9(10)13/h4-6H,2-3H2,1H3. The monoisotopic (exact) mass is 313 g/mol. The highest BCUT2D eigenvalue weighted by molar-refractivity contribution is 7.92. The molecule has 0 aliphatic heterocycles. The Hall–Kier alpha value is -1.28. The fourth-order valence-electron chi connectivity index (χ4n) is 1.43. The molecule has 0 amide bonds. The van der Waals surface area contributed by atoms with Gasteiger partial charge in [-0.3, -0.25) is 10.1 Å². The van der Waals surface area contributed by atoms with Gasteiger partial charge in [0, 0.05) is 5.88 Å². The van der Waals surface area contributed by atoms with E-state index in [4.69, 9.17) is 11.6 Å². The second-order valence-electron chi connectivity index (χ2n) is 3.83. The van der Waals surface area contributed by atoms with Gasteiger partial charge in [-0.15, -0.1) is 11.6 Å². The van der Waals surface area contributed by atoms with Gasteiger partial charge in [0.1, 0.15) is 4.90 Å². The Morgan fingerprint density at radius 3 is 2.21 bits per heavy atom. The highest BCUT2D eigenvalue weighted by Crippen LogP contribution is 2.28. The van der Waals surface area contributed by atoms with Crippen LogP contribution in [0.4, 0.5) is 14.5 Å². The van der Waals surface area contributed by atoms with Gasteiger partial charge >= 0.3 is 0 Å². The van der Waals surface area contributed by atoms with E-state index in [1.54, 1.807) is 0 Å². The summed E-state index contributed by atoms with van der Waals surface area (Å²) >= 11 is 5.40. The average molecular weight is 314 g/mol. The topological polar surface area (TPSA) is 77.3 Å². The number of nitrogens with zero attached hydrogens (tertiary/aromatic N) is 1. The fraction of sp³-hybridized carbons (Fsp3) is 0.400. The maximum Gasteiger partial charge on any atom is 0.275 e. The summed E-state index contributed by atoms with van der Waals surface area (Å²) in [6.07, 6.45) is 0.0136. The van der Waals surface area contributed by atoms with Crippen molar-refractivity contribution >= 4 is 27.1 Å². The molecule has 1 aromatic carbocycles. The van der Waals surface area contributed by atoms with E-state index >= 15 is 0 Å². The molecular weight excluding hydrogens is 304 g/mol. The van der Waals surface area contributed by atoms with Crippen LogP contribution in [-0.2, 0) is 9.84 Å². The fourth-order valence-corrected chi connectivity index (χ4v) is 3.38. The number of sulfone groups is 1. The van der Waals surface area contributed by atoms with E-state index < -0.39 is 42.2 Å². The first-order valence-corrected chi connectivity index (χ1v) is 7.23. The molecule has 0 spiro atoms. The van der Waals surface area contributed by atoms with Gasteiger partial charge in [-0.25, -0.2) is 17.2 Å². The number of halogens is 3. The third kappa shape index (κ3) is 3.19. The minimum Gasteiger partial charge on any atom is -0.258 e. The second-order valence-corrected chi connectivity index (χ2v) is 6.51. The molecular formula is C10H10ClF2NO4S. The van der Waals surface area contributed by atoms with Crippen molar-refractivity contribution in [2.24, 2.45) is 0 Å². The van der Waals surface area contributed by atoms with Crippen molar-refractivity contribution in [1.29, 1.82) is 0 Å². The van der Waals surface area contributed by atoms with Crippen LogP contribution in [-0.4, -0.2) is 24.5 Å². The van der Waals surface area contributed by atoms with Gasteiger partial charge in [0.25, 0.3) is 5.69 Å². The lowest BCUT2D eigenvalue weighted by atomic mass is 10.3. The second kappa shape index (κ2) is 5.79. The summed E-state index contributed by atoms with van der Waals surface area (Å²) in [4.78, 5) is 8.24. The summed E-state index contributed by atoms with van der Waals surface area (Å²) < 4.78 is 51.1. The Labute approximate surface area is 113 Å². The summed E-state index contributed by atoms with van der Waals surface area (Å²) in [5.41, 5.74) is -0.848. The highest BCUT2D eigenvalue weighted by Gasteiger charge is 2.31. The van der Waals surface area contributed by atoms with E-state index in [0.29, 0.717) is 12.1 Å². The van der Waals surface area contributed by atoms with Gasteiger partial charge in [-0.1, -0.05) is 0 Å². The lowest BCUT2D eigenvalue weighted by molar-refractivity contribution is -0.385. The number of benzene rings is 1. The quantitative estimate of drug-likeness (QED) is 0.475. The average Bonchev–Trinajstić information content (AvgIpc) is 2.27. The third-order valence-corrected chi connectivity index (χ3v) is 5.00. The largest absolute Gasteiger partial charge is 0.275 e. The molecule has 5 nitrogen and oxygen atoms in total. The van der Waals surface area contributed by atoms with Crippen LogP contribution in [0, 0.1) is 21.7 Å². The van der Waals surface area contributed by atoms with E-state index in [9.17, 15) is 27.3 Å². The van der Waals surface area contributed by atoms with Crippen molar-refractivity contribution in [2.75, 3.05) is 5.88 Å². The summed E-state index contributed by atoms with van der Waals surface area (Å²) in [5.74, 6) is -2.95. The van der Waals surface area contributed by atoms with Crippen LogP contribution in [0.15, 0.2) is 17.0 Å². The first-order chi connectivity index (χ1) is 8.71. The molecule has 0 N–H and O–H groups in total. The zero-order valence-electron chi connectivity index (χ0n) is 9.77. The number of rotatable bonds is 5. The van der Waals surface area contributed by atoms with Crippen LogP contribution >= 0.6 is 11.6 Å². The normalized spacial score (nSPS) is 13.3. The van der Waals surface area contributed by atoms with Crippen molar-refractivity contribution < 1.29 is 22.1 Å². The van der Waals surface area contributed by atoms with E-state index in [1.807, 2.05) is 0 Å². The Morgan fingerprint density at radius 1 is 1.37 bits per heavy atom. The lowest BCUT2D eigenvalue weighted by Gasteiger charge is -2.12. The van der Waals surface area contributed by atoms with Crippen LogP contribution in [0.2, 0.25) is 0 Å². The van der Waals surface area contributed by atoms with E-state index in [0.717, 1.165) is 0 Å². The van der Waals surface area contributed by atoms with Gasteiger partial charge in [0.05, 0.1) is 22.3 Å². The van der Waals surface area contributed by atoms with Crippen molar-refractivity contribution in [3.05, 3.63) is 33.9 Å². The van der Waals surface area contributed by atoms with Gasteiger partial charge in [0.2, 0.25) is 0 Å². The first-order valence-electron chi connectivity index (χ1n) is 5.15. The van der Waals surface area contributed by atoms with Crippen LogP contribution in [0.25, 0.3) is 0 Å². The summed E-state index contributed by atoms with van der Waals surface area (Å²) in [5, 5.41) is 9.32. The predicted octanol–water partition coefficient (Wildman–Crippen LogP) is 2.66. The Morgan fingerprint density at radius 2 is 1.84 bits per heavy atom. The number of hydrogen-bond acceptors (Lipinski definition) is 4. The molecule has 1 rings (SSSR count). The number of nitro benzene ring substituents is 1. The molecule has 0 aliphatic rings. The van der Waals surface area contributed by atoms with E-state index in [2.05, 4.69) is 0 Å². The molecule has 106 valence electrons. The molecule has 0 aliphatic carbocycles. The zero-order chi connectivity index (χ0) is 14.8. The van der Waals surface area contributed by atoms with Crippen molar-refractivity contribution in [1.82, 2.24) is 0 Å². The summed E-state index contributed by atoms with van der Waals surface area (Å²) in [6, 6.07) is 0.757. The molecule has 1 unspecified atom stereocenters. The minimum atomic E-state index is -4.26. The molecule has 0 saturated carbocycles. The minimum absolute atomic E-state index is 0.0105. The number of hydrogen-bond donors (Lipinski definition) is 0. The molecule has 0 radical (unpaired) electrons. The molecule has 1 aromatic rings. The van der Waals surface area contributed by atoms with Crippen LogP contribution in [0.3, 0.4) is 0 Å². The Bertz CT molecular complexity index is 583. The summed E-state index contributed by atoms with van der Waals surface area (Å²) in [6.45, 7) is 1.26. The van der Waals surface area contributed by atoms with Crippen molar-refractivity contribution in [2.45, 2.75) is 23.5 Å². The molecule has 0 fully saturated rings. The van der Waals surface area contributed by atoms with E-state index in [1.165, 1.54) is 6.92 Å². The predicted molar refractivity (Wildman–Crippen MR) is 65.0 cm³/mol. The van der Waals surface area contributed by atoms with Crippen molar-refractivity contribution in [3.63, 3.8) is 0 Å². The third-order valence-electron chi connectivity index (χ3n) is 2.52. The van der Waals surface area contributed by atoms with Gasteiger partial charge in [0.15, 0.2) is 21.5 Å². The number of nitro groups is 1. The maximum atomic E-state index is 13.6. The molecule has 0 aromatic heterocycles. The van der Waals surface area contributed by atoms with E-state index in [-0.39, 0.29) is 12.3 Å². The number of alkyl halides is 1. The van der Waals surface area contributed by atoms with Gasteiger partial charge < -0.3 is 0 Å². The Kier molecular flexibility index (Phi) is 4.81. The Balaban J connectivity index is 3.40. The van der Waals surface area contributed by atoms with Crippen molar-refractivity contribution in [3.8, 4) is 0 Å². The first kappa shape index (κ1) is 15.8. The molecule has 1 atom stereocenters. The van der Waals surface area contributed by atoms with Crippen LogP contribution in [0.1, 0.15) is 13.3 Å². The highest BCUT2D eigenvalue weighted by atomic mass is 35.5. The smallest absolute Gasteiger partial charge is 0.258 e. The molecule has 0 heterocycles. The van der Waals surface area contributed by atoms with Gasteiger partial charge in [-0.2, -0.15) is 0 Å². The molecule has 9 heteroatoms. The summed E-state index contributed by atoms with van der Waals surface area (Å²) in [7, 11) is -4.26. The number of non-ortho nitro benzene ring substituents is 1. The molecule has 0 saturated heterocycles. The maximum absolute atomic E-state index is 13.6. The zero-order valence-corrected chi connectivity index (χ0v) is 11.3.